The van der Waals surface area contributed by atoms with Gasteiger partial charge in [0.2, 0.25) is 0 Å². The van der Waals surface area contributed by atoms with Gasteiger partial charge in [-0.05, 0) is 79.5 Å². The SMILES string of the molecule is CCCCN(CCCC)c1ccc2ccc3c(ccc4c5ccc6cnccc6c5ccc34)c2c1. The standard InChI is InChI=1S/C33H32N2/c1-3-5-19-35(20-6-4-2)25-10-7-23-8-11-29-31-14-13-27-26-17-18-34-22-24(26)9-12-28(27)30(31)15-16-32(29)33(23)21-25/h7-18,21-22H,3-6,19-20H2,1-2H3. The van der Waals surface area contributed by atoms with Crippen LogP contribution in [0, 0.1) is 0 Å². The van der Waals surface area contributed by atoms with Gasteiger partial charge in [-0.3, -0.25) is 4.98 Å². The lowest BCUT2D eigenvalue weighted by Crippen LogP contribution is -2.25. The summed E-state index contributed by atoms with van der Waals surface area (Å²) >= 11 is 0. The Bertz CT molecular complexity index is 1670. The molecule has 35 heavy (non-hydrogen) atoms. The summed E-state index contributed by atoms with van der Waals surface area (Å²) in [5, 5.41) is 13.0. The largest absolute Gasteiger partial charge is 0.372 e. The molecule has 0 bridgehead atoms. The van der Waals surface area contributed by atoms with E-state index in [1.165, 1.54) is 85.2 Å². The highest BCUT2D eigenvalue weighted by Gasteiger charge is 2.11. The lowest BCUT2D eigenvalue weighted by molar-refractivity contribution is 0.678. The maximum atomic E-state index is 4.30. The van der Waals surface area contributed by atoms with E-state index in [4.69, 9.17) is 0 Å². The van der Waals surface area contributed by atoms with Gasteiger partial charge in [0.25, 0.3) is 0 Å². The maximum Gasteiger partial charge on any atom is 0.0372 e. The third kappa shape index (κ3) is 3.78. The maximum absolute atomic E-state index is 4.30. The Balaban J connectivity index is 1.55. The number of anilines is 1. The lowest BCUT2D eigenvalue weighted by Gasteiger charge is -2.25. The Labute approximate surface area is 207 Å². The number of hydrogen-bond donors (Lipinski definition) is 0. The third-order valence-corrected chi connectivity index (χ3v) is 7.54. The van der Waals surface area contributed by atoms with E-state index in [2.05, 4.69) is 96.5 Å². The molecular weight excluding hydrogens is 424 g/mol. The number of rotatable bonds is 7. The highest BCUT2D eigenvalue weighted by atomic mass is 15.1. The number of unbranched alkanes of at least 4 members (excludes halogenated alkanes) is 2. The molecule has 2 nitrogen and oxygen atoms in total. The second-order valence-corrected chi connectivity index (χ2v) is 9.74. The van der Waals surface area contributed by atoms with Gasteiger partial charge in [0, 0.05) is 36.6 Å². The van der Waals surface area contributed by atoms with Crippen molar-refractivity contribution in [3.05, 3.63) is 85.2 Å². The van der Waals surface area contributed by atoms with Crippen molar-refractivity contribution < 1.29 is 0 Å². The molecule has 0 spiro atoms. The number of pyridine rings is 1. The molecule has 6 aromatic rings. The van der Waals surface area contributed by atoms with Gasteiger partial charge in [0.05, 0.1) is 0 Å². The zero-order valence-electron chi connectivity index (χ0n) is 20.7. The van der Waals surface area contributed by atoms with Gasteiger partial charge < -0.3 is 4.90 Å². The second-order valence-electron chi connectivity index (χ2n) is 9.74. The lowest BCUT2D eigenvalue weighted by atomic mass is 9.93. The van der Waals surface area contributed by atoms with E-state index in [1.807, 2.05) is 12.4 Å². The minimum atomic E-state index is 1.13. The van der Waals surface area contributed by atoms with Crippen molar-refractivity contribution in [1.29, 1.82) is 0 Å². The highest BCUT2D eigenvalue weighted by Crippen LogP contribution is 2.37. The summed E-state index contributed by atoms with van der Waals surface area (Å²) in [7, 11) is 0. The van der Waals surface area contributed by atoms with Gasteiger partial charge >= 0.3 is 0 Å². The number of hydrogen-bond acceptors (Lipinski definition) is 2. The summed E-state index contributed by atoms with van der Waals surface area (Å²) in [5.41, 5.74) is 1.35. The summed E-state index contributed by atoms with van der Waals surface area (Å²) < 4.78 is 0. The topological polar surface area (TPSA) is 16.1 Å². The Hall–Kier alpha value is -3.65. The van der Waals surface area contributed by atoms with Crippen molar-refractivity contribution in [1.82, 2.24) is 4.98 Å². The molecule has 2 heteroatoms. The molecule has 5 aromatic carbocycles. The van der Waals surface area contributed by atoms with E-state index in [1.54, 1.807) is 0 Å². The van der Waals surface area contributed by atoms with E-state index < -0.39 is 0 Å². The molecule has 0 fully saturated rings. The zero-order chi connectivity index (χ0) is 23.8. The smallest absolute Gasteiger partial charge is 0.0372 e. The summed E-state index contributed by atoms with van der Waals surface area (Å²) in [4.78, 5) is 6.88. The average molecular weight is 457 g/mol. The van der Waals surface area contributed by atoms with Crippen LogP contribution in [0.25, 0.3) is 53.9 Å². The van der Waals surface area contributed by atoms with Crippen LogP contribution in [0.1, 0.15) is 39.5 Å². The first-order valence-electron chi connectivity index (χ1n) is 13.1. The molecule has 0 radical (unpaired) electrons. The highest BCUT2D eigenvalue weighted by molar-refractivity contribution is 6.25. The Morgan fingerprint density at radius 1 is 0.543 bits per heavy atom. The number of benzene rings is 5. The van der Waals surface area contributed by atoms with E-state index >= 15 is 0 Å². The third-order valence-electron chi connectivity index (χ3n) is 7.54. The predicted molar refractivity (Wildman–Crippen MR) is 154 cm³/mol. The van der Waals surface area contributed by atoms with Gasteiger partial charge in [-0.15, -0.1) is 0 Å². The predicted octanol–water partition coefficient (Wildman–Crippen LogP) is 9.25. The van der Waals surface area contributed by atoms with Crippen LogP contribution in [0.4, 0.5) is 5.69 Å². The summed E-state index contributed by atoms with van der Waals surface area (Å²) in [6.07, 6.45) is 8.77. The van der Waals surface area contributed by atoms with Crippen LogP contribution < -0.4 is 4.90 Å². The van der Waals surface area contributed by atoms with Gasteiger partial charge in [-0.2, -0.15) is 0 Å². The van der Waals surface area contributed by atoms with Gasteiger partial charge in [0.15, 0.2) is 0 Å². The summed E-state index contributed by atoms with van der Waals surface area (Å²) in [6.45, 7) is 6.82. The van der Waals surface area contributed by atoms with E-state index in [0.29, 0.717) is 0 Å². The monoisotopic (exact) mass is 456 g/mol. The number of nitrogens with zero attached hydrogens (tertiary/aromatic N) is 2. The molecule has 174 valence electrons. The molecule has 0 aliphatic heterocycles. The van der Waals surface area contributed by atoms with Crippen molar-refractivity contribution in [3.8, 4) is 0 Å². The van der Waals surface area contributed by atoms with Crippen LogP contribution in [0.2, 0.25) is 0 Å². The van der Waals surface area contributed by atoms with Crippen LogP contribution >= 0.6 is 0 Å². The molecule has 0 amide bonds. The molecule has 1 aromatic heterocycles. The minimum absolute atomic E-state index is 1.13. The van der Waals surface area contributed by atoms with Crippen LogP contribution in [-0.4, -0.2) is 18.1 Å². The first-order valence-corrected chi connectivity index (χ1v) is 13.1. The van der Waals surface area contributed by atoms with Gasteiger partial charge in [-0.25, -0.2) is 0 Å². The van der Waals surface area contributed by atoms with Crippen molar-refractivity contribution in [2.24, 2.45) is 0 Å². The first-order chi connectivity index (χ1) is 17.3. The molecule has 1 heterocycles. The molecule has 0 aliphatic carbocycles. The average Bonchev–Trinajstić information content (AvgIpc) is 2.92. The molecule has 0 N–H and O–H groups in total. The molecule has 0 saturated carbocycles. The fraction of sp³-hybridized carbons (Fsp3) is 0.242. The fourth-order valence-electron chi connectivity index (χ4n) is 5.60. The summed E-state index contributed by atoms with van der Waals surface area (Å²) in [6, 6.07) is 27.5. The second kappa shape index (κ2) is 9.19. The van der Waals surface area contributed by atoms with Crippen LogP contribution in [0.3, 0.4) is 0 Å². The van der Waals surface area contributed by atoms with Crippen molar-refractivity contribution in [2.45, 2.75) is 39.5 Å². The normalized spacial score (nSPS) is 11.8. The Morgan fingerprint density at radius 3 is 1.69 bits per heavy atom. The van der Waals surface area contributed by atoms with Gasteiger partial charge in [-0.1, -0.05) is 81.3 Å². The summed E-state index contributed by atoms with van der Waals surface area (Å²) in [5.74, 6) is 0. The first kappa shape index (κ1) is 21.9. The molecule has 0 saturated heterocycles. The Morgan fingerprint density at radius 2 is 1.06 bits per heavy atom. The van der Waals surface area contributed by atoms with Crippen molar-refractivity contribution in [3.63, 3.8) is 0 Å². The number of fused-ring (bicyclic) bond motifs is 9. The van der Waals surface area contributed by atoms with Crippen LogP contribution in [0.15, 0.2) is 85.2 Å². The molecule has 0 unspecified atom stereocenters. The molecule has 0 aliphatic rings. The Kier molecular flexibility index (Phi) is 5.74. The molecule has 0 atom stereocenters. The van der Waals surface area contributed by atoms with Crippen LogP contribution in [0.5, 0.6) is 0 Å². The molecule has 6 rings (SSSR count). The fourth-order valence-corrected chi connectivity index (χ4v) is 5.60. The minimum Gasteiger partial charge on any atom is -0.372 e. The number of aromatic nitrogens is 1. The van der Waals surface area contributed by atoms with Gasteiger partial charge in [0.1, 0.15) is 0 Å². The zero-order valence-corrected chi connectivity index (χ0v) is 20.7. The van der Waals surface area contributed by atoms with E-state index in [9.17, 15) is 0 Å². The van der Waals surface area contributed by atoms with Crippen molar-refractivity contribution in [2.75, 3.05) is 18.0 Å². The van der Waals surface area contributed by atoms with E-state index in [-0.39, 0.29) is 0 Å². The molecular formula is C33H32N2. The van der Waals surface area contributed by atoms with Crippen molar-refractivity contribution >= 4 is 59.5 Å². The van der Waals surface area contributed by atoms with E-state index in [0.717, 1.165) is 13.1 Å². The van der Waals surface area contributed by atoms with Crippen LogP contribution in [-0.2, 0) is 0 Å². The quantitative estimate of drug-likeness (QED) is 0.223.